The number of fused-ring (bicyclic) bond motifs is 1. The zero-order chi connectivity index (χ0) is 9.42. The van der Waals surface area contributed by atoms with E-state index in [1.165, 1.54) is 0 Å². The maximum Gasteiger partial charge on any atom is 0.274 e. The minimum atomic E-state index is -0.0197. The van der Waals surface area contributed by atoms with E-state index in [9.17, 15) is 4.79 Å². The molecule has 0 radical (unpaired) electrons. The third-order valence-electron chi connectivity index (χ3n) is 2.20. The van der Waals surface area contributed by atoms with Gasteiger partial charge in [-0.2, -0.15) is 0 Å². The molecule has 1 amide bonds. The van der Waals surface area contributed by atoms with E-state index in [0.29, 0.717) is 5.69 Å². The normalized spacial score (nSPS) is 15.8. The first-order valence-corrected chi connectivity index (χ1v) is 4.26. The highest BCUT2D eigenvalue weighted by molar-refractivity contribution is 5.94. The maximum absolute atomic E-state index is 11.6. The number of hydrogen-bond acceptors (Lipinski definition) is 3. The Bertz CT molecular complexity index is 362. The average molecular weight is 177 g/mol. The first-order valence-electron chi connectivity index (χ1n) is 4.26. The van der Waals surface area contributed by atoms with Gasteiger partial charge in [0, 0.05) is 26.2 Å². The highest BCUT2D eigenvalue weighted by Crippen LogP contribution is 2.13. The van der Waals surface area contributed by atoms with Crippen LogP contribution in [0.5, 0.6) is 0 Å². The molecule has 1 aliphatic heterocycles. The summed E-state index contributed by atoms with van der Waals surface area (Å²) in [5.41, 5.74) is 2.22. The van der Waals surface area contributed by atoms with Gasteiger partial charge in [0.15, 0.2) is 0 Å². The topological polar surface area (TPSA) is 46.1 Å². The van der Waals surface area contributed by atoms with Crippen molar-refractivity contribution in [3.05, 3.63) is 23.3 Å². The third kappa shape index (κ3) is 1.28. The third-order valence-corrected chi connectivity index (χ3v) is 2.20. The number of rotatable bonds is 0. The van der Waals surface area contributed by atoms with Crippen molar-refractivity contribution >= 4 is 5.91 Å². The van der Waals surface area contributed by atoms with Crippen LogP contribution < -0.4 is 0 Å². The van der Waals surface area contributed by atoms with Crippen molar-refractivity contribution < 1.29 is 4.79 Å². The van der Waals surface area contributed by atoms with Crippen molar-refractivity contribution in [1.29, 1.82) is 0 Å². The summed E-state index contributed by atoms with van der Waals surface area (Å²) < 4.78 is 0. The summed E-state index contributed by atoms with van der Waals surface area (Å²) in [7, 11) is 1.78. The molecule has 1 aliphatic rings. The van der Waals surface area contributed by atoms with Crippen molar-refractivity contribution in [2.75, 3.05) is 13.6 Å². The summed E-state index contributed by atoms with van der Waals surface area (Å²) in [5.74, 6) is -0.0197. The van der Waals surface area contributed by atoms with Crippen LogP contribution in [0.2, 0.25) is 0 Å². The van der Waals surface area contributed by atoms with Crippen LogP contribution in [-0.4, -0.2) is 34.4 Å². The van der Waals surface area contributed by atoms with Crippen LogP contribution >= 0.6 is 0 Å². The Balaban J connectivity index is 2.50. The zero-order valence-corrected chi connectivity index (χ0v) is 7.74. The van der Waals surface area contributed by atoms with Gasteiger partial charge in [0.05, 0.1) is 11.4 Å². The van der Waals surface area contributed by atoms with Gasteiger partial charge in [-0.05, 0) is 6.92 Å². The predicted molar refractivity (Wildman–Crippen MR) is 47.4 cm³/mol. The lowest BCUT2D eigenvalue weighted by atomic mass is 10.1. The predicted octanol–water partition coefficient (Wildman–Crippen LogP) is 0.413. The van der Waals surface area contributed by atoms with Crippen LogP contribution in [0.1, 0.15) is 21.9 Å². The van der Waals surface area contributed by atoms with E-state index in [4.69, 9.17) is 0 Å². The number of hydrogen-bond donors (Lipinski definition) is 0. The van der Waals surface area contributed by atoms with Crippen LogP contribution in [-0.2, 0) is 6.42 Å². The van der Waals surface area contributed by atoms with Gasteiger partial charge in [-0.3, -0.25) is 9.78 Å². The fourth-order valence-corrected chi connectivity index (χ4v) is 1.44. The van der Waals surface area contributed by atoms with Gasteiger partial charge in [0.25, 0.3) is 5.91 Å². The molecule has 4 nitrogen and oxygen atoms in total. The fraction of sp³-hybridized carbons (Fsp3) is 0.444. The molecule has 0 spiro atoms. The monoisotopic (exact) mass is 177 g/mol. The molecule has 2 rings (SSSR count). The second-order valence-corrected chi connectivity index (χ2v) is 3.28. The van der Waals surface area contributed by atoms with E-state index in [1.54, 1.807) is 18.1 Å². The Hall–Kier alpha value is -1.45. The Labute approximate surface area is 76.6 Å². The largest absolute Gasteiger partial charge is 0.340 e. The average Bonchev–Trinajstić information content (AvgIpc) is 2.12. The Morgan fingerprint density at radius 2 is 2.31 bits per heavy atom. The van der Waals surface area contributed by atoms with Gasteiger partial charge in [-0.25, -0.2) is 4.98 Å². The SMILES string of the molecule is Cc1cnc2c(n1)CCN(C)C2=O. The molecule has 68 valence electrons. The van der Waals surface area contributed by atoms with Gasteiger partial charge < -0.3 is 4.90 Å². The highest BCUT2D eigenvalue weighted by Gasteiger charge is 2.23. The first-order chi connectivity index (χ1) is 6.18. The number of aromatic nitrogens is 2. The molecule has 0 bridgehead atoms. The smallest absolute Gasteiger partial charge is 0.274 e. The number of carbonyl (C=O) groups is 1. The molecule has 0 aromatic carbocycles. The van der Waals surface area contributed by atoms with Crippen LogP contribution in [0.3, 0.4) is 0 Å². The summed E-state index contributed by atoms with van der Waals surface area (Å²) in [4.78, 5) is 21.6. The van der Waals surface area contributed by atoms with E-state index < -0.39 is 0 Å². The van der Waals surface area contributed by atoms with Gasteiger partial charge in [-0.1, -0.05) is 0 Å². The van der Waals surface area contributed by atoms with E-state index in [-0.39, 0.29) is 5.91 Å². The Kier molecular flexibility index (Phi) is 1.76. The summed E-state index contributed by atoms with van der Waals surface area (Å²) in [5, 5.41) is 0. The van der Waals surface area contributed by atoms with E-state index >= 15 is 0 Å². The van der Waals surface area contributed by atoms with Gasteiger partial charge in [-0.15, -0.1) is 0 Å². The molecule has 13 heavy (non-hydrogen) atoms. The molecule has 1 aromatic heterocycles. The van der Waals surface area contributed by atoms with Crippen molar-refractivity contribution in [2.45, 2.75) is 13.3 Å². The molecule has 0 N–H and O–H groups in total. The number of carbonyl (C=O) groups excluding carboxylic acids is 1. The van der Waals surface area contributed by atoms with Crippen molar-refractivity contribution in [1.82, 2.24) is 14.9 Å². The van der Waals surface area contributed by atoms with Crippen LogP contribution in [0.25, 0.3) is 0 Å². The van der Waals surface area contributed by atoms with Gasteiger partial charge in [0.1, 0.15) is 5.69 Å². The lowest BCUT2D eigenvalue weighted by Gasteiger charge is -2.22. The number of nitrogens with zero attached hydrogens (tertiary/aromatic N) is 3. The number of amides is 1. The second kappa shape index (κ2) is 2.80. The molecule has 4 heteroatoms. The molecule has 1 aromatic rings. The van der Waals surface area contributed by atoms with Crippen LogP contribution in [0.4, 0.5) is 0 Å². The number of likely N-dealkylation sites (N-methyl/N-ethyl adjacent to an activating group) is 1. The summed E-state index contributed by atoms with van der Waals surface area (Å²) in [6.45, 7) is 2.63. The minimum absolute atomic E-state index is 0.0197. The first kappa shape index (κ1) is 8.16. The number of aryl methyl sites for hydroxylation is 1. The second-order valence-electron chi connectivity index (χ2n) is 3.28. The molecular formula is C9H11N3O. The summed E-state index contributed by atoms with van der Waals surface area (Å²) >= 11 is 0. The quantitative estimate of drug-likeness (QED) is 0.576. The molecule has 0 saturated heterocycles. The van der Waals surface area contributed by atoms with Crippen LogP contribution in [0, 0.1) is 6.92 Å². The molecule has 0 aliphatic carbocycles. The minimum Gasteiger partial charge on any atom is -0.340 e. The van der Waals surface area contributed by atoms with Crippen LogP contribution in [0.15, 0.2) is 6.20 Å². The Morgan fingerprint density at radius 1 is 1.54 bits per heavy atom. The molecule has 0 saturated carbocycles. The zero-order valence-electron chi connectivity index (χ0n) is 7.74. The van der Waals surface area contributed by atoms with Crippen molar-refractivity contribution in [3.63, 3.8) is 0 Å². The molecular weight excluding hydrogens is 166 g/mol. The van der Waals surface area contributed by atoms with E-state index in [0.717, 1.165) is 24.4 Å². The highest BCUT2D eigenvalue weighted by atomic mass is 16.2. The molecule has 0 fully saturated rings. The summed E-state index contributed by atoms with van der Waals surface area (Å²) in [6, 6.07) is 0. The van der Waals surface area contributed by atoms with Crippen molar-refractivity contribution in [2.24, 2.45) is 0 Å². The molecule has 0 atom stereocenters. The molecule has 2 heterocycles. The standard InChI is InChI=1S/C9H11N3O/c1-6-5-10-8-7(11-6)3-4-12(2)9(8)13/h5H,3-4H2,1-2H3. The van der Waals surface area contributed by atoms with Crippen molar-refractivity contribution in [3.8, 4) is 0 Å². The van der Waals surface area contributed by atoms with Gasteiger partial charge >= 0.3 is 0 Å². The lowest BCUT2D eigenvalue weighted by Crippen LogP contribution is -2.35. The molecule has 0 unspecified atom stereocenters. The van der Waals surface area contributed by atoms with E-state index in [1.807, 2.05) is 6.92 Å². The fourth-order valence-electron chi connectivity index (χ4n) is 1.44. The lowest BCUT2D eigenvalue weighted by molar-refractivity contribution is 0.0772. The van der Waals surface area contributed by atoms with Gasteiger partial charge in [0.2, 0.25) is 0 Å². The maximum atomic E-state index is 11.6. The van der Waals surface area contributed by atoms with E-state index in [2.05, 4.69) is 9.97 Å². The summed E-state index contributed by atoms with van der Waals surface area (Å²) in [6.07, 6.45) is 2.45. The Morgan fingerprint density at radius 3 is 3.08 bits per heavy atom.